The first-order valence-electron chi connectivity index (χ1n) is 5.55. The van der Waals surface area contributed by atoms with Crippen LogP contribution in [0.4, 0.5) is 4.39 Å². The van der Waals surface area contributed by atoms with Crippen molar-refractivity contribution < 1.29 is 4.39 Å². The van der Waals surface area contributed by atoms with E-state index in [2.05, 4.69) is 4.98 Å². The number of hydrogen-bond acceptors (Lipinski definition) is 2. The molecule has 3 rings (SSSR count). The molecule has 4 heteroatoms. The molecule has 0 spiro atoms. The summed E-state index contributed by atoms with van der Waals surface area (Å²) in [5.41, 5.74) is 7.35. The smallest absolute Gasteiger partial charge is 0.151 e. The van der Waals surface area contributed by atoms with Crippen molar-refractivity contribution in [3.63, 3.8) is 0 Å². The largest absolute Gasteiger partial charge is 0.330 e. The van der Waals surface area contributed by atoms with E-state index in [1.807, 2.05) is 17.7 Å². The highest BCUT2D eigenvalue weighted by Crippen LogP contribution is 2.39. The molecular formula is C12H14FN3. The van der Waals surface area contributed by atoms with Crippen molar-refractivity contribution >= 4 is 11.0 Å². The topological polar surface area (TPSA) is 43.8 Å². The van der Waals surface area contributed by atoms with Gasteiger partial charge in [0.2, 0.25) is 0 Å². The Kier molecular flexibility index (Phi) is 2.01. The highest BCUT2D eigenvalue weighted by molar-refractivity contribution is 5.76. The molecule has 1 unspecified atom stereocenters. The third-order valence-corrected chi connectivity index (χ3v) is 3.32. The van der Waals surface area contributed by atoms with E-state index in [1.165, 1.54) is 6.07 Å². The first-order valence-corrected chi connectivity index (χ1v) is 5.55. The van der Waals surface area contributed by atoms with Gasteiger partial charge in [0, 0.05) is 7.05 Å². The lowest BCUT2D eigenvalue weighted by atomic mass is 10.2. The SMILES string of the molecule is Cn1c(C(N)C2CC2)nc2c(F)cccc21. The minimum absolute atomic E-state index is 0.0585. The van der Waals surface area contributed by atoms with E-state index in [4.69, 9.17) is 5.73 Å². The molecule has 2 aromatic rings. The van der Waals surface area contributed by atoms with Crippen LogP contribution in [-0.4, -0.2) is 9.55 Å². The molecule has 1 atom stereocenters. The number of aryl methyl sites for hydroxylation is 1. The standard InChI is InChI=1S/C12H14FN3/c1-16-9-4-2-3-8(13)11(9)15-12(16)10(14)7-5-6-7/h2-4,7,10H,5-6,14H2,1H3. The van der Waals surface area contributed by atoms with Gasteiger partial charge in [0.05, 0.1) is 11.6 Å². The number of imidazole rings is 1. The molecule has 0 saturated heterocycles. The van der Waals surface area contributed by atoms with Gasteiger partial charge in [0.15, 0.2) is 5.82 Å². The van der Waals surface area contributed by atoms with Gasteiger partial charge in [0.25, 0.3) is 0 Å². The molecule has 3 nitrogen and oxygen atoms in total. The fourth-order valence-corrected chi connectivity index (χ4v) is 2.16. The van der Waals surface area contributed by atoms with Crippen LogP contribution in [0.3, 0.4) is 0 Å². The lowest BCUT2D eigenvalue weighted by Crippen LogP contribution is -2.17. The molecule has 2 N–H and O–H groups in total. The Morgan fingerprint density at radius 1 is 1.50 bits per heavy atom. The van der Waals surface area contributed by atoms with Crippen LogP contribution in [0.15, 0.2) is 18.2 Å². The number of nitrogens with two attached hydrogens (primary N) is 1. The van der Waals surface area contributed by atoms with Crippen molar-refractivity contribution in [1.82, 2.24) is 9.55 Å². The second-order valence-corrected chi connectivity index (χ2v) is 4.50. The van der Waals surface area contributed by atoms with Crippen LogP contribution < -0.4 is 5.73 Å². The van der Waals surface area contributed by atoms with E-state index in [1.54, 1.807) is 6.07 Å². The van der Waals surface area contributed by atoms with Gasteiger partial charge in [-0.25, -0.2) is 9.37 Å². The molecule has 1 fully saturated rings. The van der Waals surface area contributed by atoms with Crippen molar-refractivity contribution in [2.75, 3.05) is 0 Å². The fourth-order valence-electron chi connectivity index (χ4n) is 2.16. The summed E-state index contributed by atoms with van der Waals surface area (Å²) in [6.45, 7) is 0. The van der Waals surface area contributed by atoms with Crippen molar-refractivity contribution in [1.29, 1.82) is 0 Å². The Morgan fingerprint density at radius 3 is 2.88 bits per heavy atom. The Bertz CT molecular complexity index is 542. The molecule has 1 heterocycles. The summed E-state index contributed by atoms with van der Waals surface area (Å²) in [7, 11) is 1.90. The molecule has 1 aromatic heterocycles. The van der Waals surface area contributed by atoms with E-state index in [0.717, 1.165) is 24.2 Å². The molecule has 0 bridgehead atoms. The first kappa shape index (κ1) is 9.78. The number of hydrogen-bond donors (Lipinski definition) is 1. The summed E-state index contributed by atoms with van der Waals surface area (Å²) >= 11 is 0. The van der Waals surface area contributed by atoms with Crippen molar-refractivity contribution in [2.45, 2.75) is 18.9 Å². The van der Waals surface area contributed by atoms with Crippen molar-refractivity contribution in [3.8, 4) is 0 Å². The van der Waals surface area contributed by atoms with Crippen LogP contribution in [0.5, 0.6) is 0 Å². The highest BCUT2D eigenvalue weighted by Gasteiger charge is 2.32. The summed E-state index contributed by atoms with van der Waals surface area (Å²) in [5.74, 6) is 1.04. The number of fused-ring (bicyclic) bond motifs is 1. The summed E-state index contributed by atoms with van der Waals surface area (Å²) < 4.78 is 15.4. The van der Waals surface area contributed by atoms with Gasteiger partial charge in [-0.05, 0) is 30.9 Å². The second kappa shape index (κ2) is 3.28. The number of benzene rings is 1. The lowest BCUT2D eigenvalue weighted by molar-refractivity contribution is 0.573. The highest BCUT2D eigenvalue weighted by atomic mass is 19.1. The summed E-state index contributed by atoms with van der Waals surface area (Å²) in [4.78, 5) is 4.34. The number of halogens is 1. The average molecular weight is 219 g/mol. The number of rotatable bonds is 2. The minimum Gasteiger partial charge on any atom is -0.330 e. The Balaban J connectivity index is 2.18. The molecule has 0 aliphatic heterocycles. The average Bonchev–Trinajstić information content (AvgIpc) is 3.05. The van der Waals surface area contributed by atoms with E-state index in [0.29, 0.717) is 11.4 Å². The first-order chi connectivity index (χ1) is 7.68. The van der Waals surface area contributed by atoms with Crippen molar-refractivity contribution in [3.05, 3.63) is 29.8 Å². The molecule has 0 amide bonds. The zero-order valence-electron chi connectivity index (χ0n) is 9.15. The van der Waals surface area contributed by atoms with E-state index in [-0.39, 0.29) is 11.9 Å². The normalized spacial score (nSPS) is 17.9. The molecule has 16 heavy (non-hydrogen) atoms. The Hall–Kier alpha value is -1.42. The van der Waals surface area contributed by atoms with Gasteiger partial charge >= 0.3 is 0 Å². The maximum atomic E-state index is 13.5. The molecule has 1 aliphatic rings. The molecular weight excluding hydrogens is 205 g/mol. The second-order valence-electron chi connectivity index (χ2n) is 4.50. The van der Waals surface area contributed by atoms with Crippen LogP contribution in [0.1, 0.15) is 24.7 Å². The zero-order chi connectivity index (χ0) is 11.3. The molecule has 0 radical (unpaired) electrons. The predicted octanol–water partition coefficient (Wildman–Crippen LogP) is 2.12. The summed E-state index contributed by atoms with van der Waals surface area (Å²) in [6, 6.07) is 4.94. The van der Waals surface area contributed by atoms with Gasteiger partial charge < -0.3 is 10.3 Å². The van der Waals surface area contributed by atoms with Crippen LogP contribution in [0.25, 0.3) is 11.0 Å². The van der Waals surface area contributed by atoms with Crippen molar-refractivity contribution in [2.24, 2.45) is 18.7 Å². The molecule has 1 aliphatic carbocycles. The van der Waals surface area contributed by atoms with Crippen LogP contribution in [-0.2, 0) is 7.05 Å². The van der Waals surface area contributed by atoms with Gasteiger partial charge in [-0.15, -0.1) is 0 Å². The molecule has 1 saturated carbocycles. The molecule has 84 valence electrons. The number of aromatic nitrogens is 2. The van der Waals surface area contributed by atoms with E-state index in [9.17, 15) is 4.39 Å². The quantitative estimate of drug-likeness (QED) is 0.840. The fraction of sp³-hybridized carbons (Fsp3) is 0.417. The van der Waals surface area contributed by atoms with Gasteiger partial charge in [-0.1, -0.05) is 6.07 Å². The predicted molar refractivity (Wildman–Crippen MR) is 60.3 cm³/mol. The van der Waals surface area contributed by atoms with Gasteiger partial charge in [0.1, 0.15) is 11.3 Å². The van der Waals surface area contributed by atoms with Gasteiger partial charge in [-0.3, -0.25) is 0 Å². The minimum atomic E-state index is -0.276. The monoisotopic (exact) mass is 219 g/mol. The van der Waals surface area contributed by atoms with Crippen LogP contribution in [0.2, 0.25) is 0 Å². The maximum Gasteiger partial charge on any atom is 0.151 e. The van der Waals surface area contributed by atoms with E-state index < -0.39 is 0 Å². The Morgan fingerprint density at radius 2 is 2.25 bits per heavy atom. The van der Waals surface area contributed by atoms with E-state index >= 15 is 0 Å². The Labute approximate surface area is 93.1 Å². The lowest BCUT2D eigenvalue weighted by Gasteiger charge is -2.09. The maximum absolute atomic E-state index is 13.5. The van der Waals surface area contributed by atoms with Crippen LogP contribution in [0, 0.1) is 11.7 Å². The summed E-state index contributed by atoms with van der Waals surface area (Å²) in [6.07, 6.45) is 2.32. The number of para-hydroxylation sites is 1. The van der Waals surface area contributed by atoms with Gasteiger partial charge in [-0.2, -0.15) is 0 Å². The van der Waals surface area contributed by atoms with Crippen LogP contribution >= 0.6 is 0 Å². The summed E-state index contributed by atoms with van der Waals surface area (Å²) in [5, 5.41) is 0. The zero-order valence-corrected chi connectivity index (χ0v) is 9.15. The number of nitrogens with zero attached hydrogens (tertiary/aromatic N) is 2. The molecule has 1 aromatic carbocycles. The third kappa shape index (κ3) is 1.33. The third-order valence-electron chi connectivity index (χ3n) is 3.32.